The van der Waals surface area contributed by atoms with E-state index in [1.807, 2.05) is 30.3 Å². The fourth-order valence-electron chi connectivity index (χ4n) is 3.65. The first-order valence-electron chi connectivity index (χ1n) is 9.09. The van der Waals surface area contributed by atoms with Gasteiger partial charge in [-0.3, -0.25) is 4.79 Å². The SMILES string of the molecule is O=C(NC1CCCC1)C1CCCN(C(=O)NCc2ccccc2)C1. The van der Waals surface area contributed by atoms with Crippen molar-refractivity contribution in [1.29, 1.82) is 0 Å². The minimum atomic E-state index is -0.0720. The maximum atomic E-state index is 12.4. The lowest BCUT2D eigenvalue weighted by molar-refractivity contribution is -0.127. The Morgan fingerprint density at radius 1 is 1.04 bits per heavy atom. The smallest absolute Gasteiger partial charge is 0.317 e. The molecule has 2 aliphatic rings. The quantitative estimate of drug-likeness (QED) is 0.892. The Hall–Kier alpha value is -2.04. The van der Waals surface area contributed by atoms with E-state index in [2.05, 4.69) is 10.6 Å². The number of piperidine rings is 1. The summed E-state index contributed by atoms with van der Waals surface area (Å²) < 4.78 is 0. The Morgan fingerprint density at radius 2 is 1.79 bits per heavy atom. The van der Waals surface area contributed by atoms with Crippen molar-refractivity contribution >= 4 is 11.9 Å². The van der Waals surface area contributed by atoms with E-state index in [9.17, 15) is 9.59 Å². The fourth-order valence-corrected chi connectivity index (χ4v) is 3.65. The summed E-state index contributed by atoms with van der Waals surface area (Å²) in [6.45, 7) is 1.78. The zero-order chi connectivity index (χ0) is 16.8. The lowest BCUT2D eigenvalue weighted by Crippen LogP contribution is -2.49. The van der Waals surface area contributed by atoms with Gasteiger partial charge in [0.15, 0.2) is 0 Å². The van der Waals surface area contributed by atoms with Gasteiger partial charge in [0.2, 0.25) is 5.91 Å². The monoisotopic (exact) mass is 329 g/mol. The van der Waals surface area contributed by atoms with Gasteiger partial charge in [-0.05, 0) is 31.2 Å². The van der Waals surface area contributed by atoms with Crippen molar-refractivity contribution in [3.8, 4) is 0 Å². The summed E-state index contributed by atoms with van der Waals surface area (Å²) in [5.74, 6) is 0.0595. The number of carbonyl (C=O) groups excluding carboxylic acids is 2. The minimum absolute atomic E-state index is 0.0678. The third kappa shape index (κ3) is 4.49. The molecule has 3 rings (SSSR count). The van der Waals surface area contributed by atoms with Crippen molar-refractivity contribution in [3.05, 3.63) is 35.9 Å². The lowest BCUT2D eigenvalue weighted by atomic mass is 9.97. The molecule has 1 saturated carbocycles. The van der Waals surface area contributed by atoms with Crippen LogP contribution in [0.3, 0.4) is 0 Å². The number of urea groups is 1. The van der Waals surface area contributed by atoms with Crippen LogP contribution in [0, 0.1) is 5.92 Å². The van der Waals surface area contributed by atoms with E-state index < -0.39 is 0 Å². The van der Waals surface area contributed by atoms with Gasteiger partial charge >= 0.3 is 6.03 Å². The topological polar surface area (TPSA) is 61.4 Å². The molecule has 5 nitrogen and oxygen atoms in total. The molecule has 2 fully saturated rings. The van der Waals surface area contributed by atoms with Crippen molar-refractivity contribution in [2.24, 2.45) is 5.92 Å². The average Bonchev–Trinajstić information content (AvgIpc) is 3.13. The number of rotatable bonds is 4. The van der Waals surface area contributed by atoms with Gasteiger partial charge in [-0.25, -0.2) is 4.79 Å². The van der Waals surface area contributed by atoms with Crippen LogP contribution in [0.1, 0.15) is 44.1 Å². The Morgan fingerprint density at radius 3 is 2.54 bits per heavy atom. The van der Waals surface area contributed by atoms with Crippen LogP contribution in [0.15, 0.2) is 30.3 Å². The number of carbonyl (C=O) groups is 2. The molecule has 24 heavy (non-hydrogen) atoms. The fraction of sp³-hybridized carbons (Fsp3) is 0.579. The van der Waals surface area contributed by atoms with Crippen molar-refractivity contribution < 1.29 is 9.59 Å². The first-order valence-corrected chi connectivity index (χ1v) is 9.09. The molecular weight excluding hydrogens is 302 g/mol. The van der Waals surface area contributed by atoms with E-state index in [0.717, 1.165) is 37.8 Å². The number of hydrogen-bond acceptors (Lipinski definition) is 2. The van der Waals surface area contributed by atoms with Gasteiger partial charge in [-0.1, -0.05) is 43.2 Å². The summed E-state index contributed by atoms with van der Waals surface area (Å²) in [4.78, 5) is 26.6. The van der Waals surface area contributed by atoms with Crippen molar-refractivity contribution in [2.45, 2.75) is 51.1 Å². The minimum Gasteiger partial charge on any atom is -0.353 e. The number of nitrogens with one attached hydrogen (secondary N) is 2. The summed E-state index contributed by atoms with van der Waals surface area (Å²) in [6, 6.07) is 10.2. The first kappa shape index (κ1) is 16.8. The molecule has 1 aliphatic carbocycles. The second kappa shape index (κ2) is 8.18. The standard InChI is InChI=1S/C19H27N3O2/c23-18(21-17-10-4-5-11-17)16-9-6-12-22(14-16)19(24)20-13-15-7-2-1-3-8-15/h1-3,7-8,16-17H,4-6,9-14H2,(H,20,24)(H,21,23). The average molecular weight is 329 g/mol. The van der Waals surface area contributed by atoms with Crippen LogP contribution >= 0.6 is 0 Å². The van der Waals surface area contributed by atoms with Crippen LogP contribution in [0.5, 0.6) is 0 Å². The highest BCUT2D eigenvalue weighted by atomic mass is 16.2. The highest BCUT2D eigenvalue weighted by Crippen LogP contribution is 2.21. The second-order valence-electron chi connectivity index (χ2n) is 6.92. The van der Waals surface area contributed by atoms with Gasteiger partial charge < -0.3 is 15.5 Å². The van der Waals surface area contributed by atoms with Crippen LogP contribution in [-0.2, 0) is 11.3 Å². The molecule has 0 aromatic heterocycles. The van der Waals surface area contributed by atoms with Gasteiger partial charge in [0, 0.05) is 25.7 Å². The summed E-state index contributed by atoms with van der Waals surface area (Å²) in [5, 5.41) is 6.13. The number of likely N-dealkylation sites (tertiary alicyclic amines) is 1. The predicted molar refractivity (Wildman–Crippen MR) is 93.4 cm³/mol. The van der Waals surface area contributed by atoms with Crippen LogP contribution in [0.4, 0.5) is 4.79 Å². The van der Waals surface area contributed by atoms with E-state index in [1.165, 1.54) is 12.8 Å². The number of hydrogen-bond donors (Lipinski definition) is 2. The number of benzene rings is 1. The van der Waals surface area contributed by atoms with Gasteiger partial charge in [0.05, 0.1) is 5.92 Å². The molecule has 1 aromatic rings. The van der Waals surface area contributed by atoms with Crippen molar-refractivity contribution in [2.75, 3.05) is 13.1 Å². The van der Waals surface area contributed by atoms with Gasteiger partial charge in [0.1, 0.15) is 0 Å². The van der Waals surface area contributed by atoms with E-state index in [-0.39, 0.29) is 17.9 Å². The molecule has 130 valence electrons. The maximum absolute atomic E-state index is 12.4. The van der Waals surface area contributed by atoms with Crippen LogP contribution in [0.2, 0.25) is 0 Å². The summed E-state index contributed by atoms with van der Waals surface area (Å²) in [5.41, 5.74) is 1.08. The zero-order valence-electron chi connectivity index (χ0n) is 14.2. The van der Waals surface area contributed by atoms with Crippen molar-refractivity contribution in [3.63, 3.8) is 0 Å². The molecule has 0 radical (unpaired) electrons. The highest BCUT2D eigenvalue weighted by molar-refractivity contribution is 5.81. The summed E-state index contributed by atoms with van der Waals surface area (Å²) in [6.07, 6.45) is 6.38. The molecule has 1 saturated heterocycles. The third-order valence-corrected chi connectivity index (χ3v) is 5.07. The van der Waals surface area contributed by atoms with Crippen molar-refractivity contribution in [1.82, 2.24) is 15.5 Å². The zero-order valence-corrected chi connectivity index (χ0v) is 14.2. The van der Waals surface area contributed by atoms with E-state index in [1.54, 1.807) is 4.90 Å². The van der Waals surface area contributed by atoms with E-state index in [0.29, 0.717) is 19.1 Å². The molecule has 1 aliphatic heterocycles. The Kier molecular flexibility index (Phi) is 5.72. The normalized spacial score (nSPS) is 21.5. The Balaban J connectivity index is 1.47. The molecule has 2 N–H and O–H groups in total. The summed E-state index contributed by atoms with van der Waals surface area (Å²) in [7, 11) is 0. The van der Waals surface area contributed by atoms with Crippen LogP contribution in [0.25, 0.3) is 0 Å². The van der Waals surface area contributed by atoms with Gasteiger partial charge in [0.25, 0.3) is 0 Å². The van der Waals surface area contributed by atoms with Crippen LogP contribution < -0.4 is 10.6 Å². The van der Waals surface area contributed by atoms with E-state index in [4.69, 9.17) is 0 Å². The summed E-state index contributed by atoms with van der Waals surface area (Å²) >= 11 is 0. The molecule has 0 spiro atoms. The third-order valence-electron chi connectivity index (χ3n) is 5.07. The van der Waals surface area contributed by atoms with Gasteiger partial charge in [-0.15, -0.1) is 0 Å². The van der Waals surface area contributed by atoms with Gasteiger partial charge in [-0.2, -0.15) is 0 Å². The predicted octanol–water partition coefficient (Wildman–Crippen LogP) is 2.67. The molecule has 1 heterocycles. The largest absolute Gasteiger partial charge is 0.353 e. The van der Waals surface area contributed by atoms with Crippen LogP contribution in [-0.4, -0.2) is 36.0 Å². The number of amides is 3. The first-order chi connectivity index (χ1) is 11.7. The molecule has 1 atom stereocenters. The Bertz CT molecular complexity index is 555. The highest BCUT2D eigenvalue weighted by Gasteiger charge is 2.29. The Labute approximate surface area is 143 Å². The second-order valence-corrected chi connectivity index (χ2v) is 6.92. The molecule has 0 bridgehead atoms. The molecule has 3 amide bonds. The molecule has 1 aromatic carbocycles. The molecule has 1 unspecified atom stereocenters. The van der Waals surface area contributed by atoms with E-state index >= 15 is 0 Å². The molecule has 5 heteroatoms. The molecular formula is C19H27N3O2. The maximum Gasteiger partial charge on any atom is 0.317 e. The lowest BCUT2D eigenvalue weighted by Gasteiger charge is -2.32. The number of nitrogens with zero attached hydrogens (tertiary/aromatic N) is 1.